The first kappa shape index (κ1) is 28.4. The van der Waals surface area contributed by atoms with Gasteiger partial charge in [0.1, 0.15) is 11.6 Å². The van der Waals surface area contributed by atoms with Crippen LogP contribution in [0.25, 0.3) is 0 Å². The molecular weight excluding hydrogens is 559 g/mol. The van der Waals surface area contributed by atoms with E-state index in [1.54, 1.807) is 12.1 Å². The minimum atomic E-state index is -4.71. The maximum Gasteiger partial charge on any atom is 0.420 e. The highest BCUT2D eigenvalue weighted by Crippen LogP contribution is 2.42. The van der Waals surface area contributed by atoms with E-state index in [1.807, 2.05) is 0 Å². The summed E-state index contributed by atoms with van der Waals surface area (Å²) in [5.74, 6) is -3.83. The lowest BCUT2D eigenvalue weighted by Crippen LogP contribution is -2.55. The van der Waals surface area contributed by atoms with Crippen molar-refractivity contribution in [2.75, 3.05) is 4.90 Å². The number of anilines is 1. The Morgan fingerprint density at radius 3 is 2.27 bits per heavy atom. The summed E-state index contributed by atoms with van der Waals surface area (Å²) in [5.41, 5.74) is -2.46. The van der Waals surface area contributed by atoms with Gasteiger partial charge < -0.3 is 20.3 Å². The van der Waals surface area contributed by atoms with Crippen LogP contribution in [0.15, 0.2) is 36.5 Å². The van der Waals surface area contributed by atoms with E-state index in [1.165, 1.54) is 26.1 Å². The van der Waals surface area contributed by atoms with Crippen molar-refractivity contribution < 1.29 is 36.3 Å². The van der Waals surface area contributed by atoms with Crippen LogP contribution in [0.1, 0.15) is 61.9 Å². The van der Waals surface area contributed by atoms with Crippen LogP contribution in [-0.4, -0.2) is 52.5 Å². The van der Waals surface area contributed by atoms with Crippen LogP contribution in [0.5, 0.6) is 5.75 Å². The molecule has 5 rings (SSSR count). The van der Waals surface area contributed by atoms with Gasteiger partial charge in [-0.25, -0.2) is 13.8 Å². The zero-order valence-electron chi connectivity index (χ0n) is 21.7. The van der Waals surface area contributed by atoms with Gasteiger partial charge in [-0.1, -0.05) is 11.6 Å². The van der Waals surface area contributed by atoms with Crippen molar-refractivity contribution in [3.8, 4) is 5.75 Å². The Morgan fingerprint density at radius 1 is 1.07 bits per heavy atom. The van der Waals surface area contributed by atoms with Gasteiger partial charge in [0.25, 0.3) is 17.7 Å². The normalized spacial score (nSPS) is 25.4. The summed E-state index contributed by atoms with van der Waals surface area (Å²) in [6, 6.07) is 5.12. The number of ether oxygens (including phenoxy) is 1. The predicted molar refractivity (Wildman–Crippen MR) is 137 cm³/mol. The summed E-state index contributed by atoms with van der Waals surface area (Å²) < 4.78 is 72.2. The lowest BCUT2D eigenvalue weighted by Gasteiger charge is -2.41. The maximum atomic E-state index is 13.5. The van der Waals surface area contributed by atoms with Crippen LogP contribution in [0.4, 0.5) is 27.8 Å². The highest BCUT2D eigenvalue weighted by molar-refractivity contribution is 6.30. The molecule has 40 heavy (non-hydrogen) atoms. The number of halogens is 6. The minimum Gasteiger partial charge on any atom is -0.477 e. The molecule has 1 aromatic carbocycles. The first-order chi connectivity index (χ1) is 18.6. The molecule has 1 aliphatic carbocycles. The van der Waals surface area contributed by atoms with Gasteiger partial charge >= 0.3 is 6.18 Å². The van der Waals surface area contributed by atoms with Gasteiger partial charge in [0.15, 0.2) is 5.60 Å². The Hall–Kier alpha value is -3.15. The van der Waals surface area contributed by atoms with Crippen molar-refractivity contribution in [1.29, 1.82) is 0 Å². The predicted octanol–water partition coefficient (Wildman–Crippen LogP) is 5.36. The minimum absolute atomic E-state index is 0.0542. The monoisotopic (exact) mass is 586 g/mol. The topological polar surface area (TPSA) is 83.6 Å². The van der Waals surface area contributed by atoms with E-state index in [0.717, 1.165) is 25.0 Å². The van der Waals surface area contributed by atoms with Gasteiger partial charge in [-0.15, -0.1) is 0 Å². The number of pyridine rings is 1. The summed E-state index contributed by atoms with van der Waals surface area (Å²) >= 11 is 5.74. The Bertz CT molecular complexity index is 1290. The molecule has 2 N–H and O–H groups in total. The molecule has 2 bridgehead atoms. The summed E-state index contributed by atoms with van der Waals surface area (Å²) in [6.07, 6.45) is -0.806. The smallest absolute Gasteiger partial charge is 0.420 e. The van der Waals surface area contributed by atoms with Gasteiger partial charge in [-0.05, 0) is 69.9 Å². The number of hydrogen-bond donors (Lipinski definition) is 2. The molecule has 1 saturated carbocycles. The number of carbonyl (C=O) groups is 2. The van der Waals surface area contributed by atoms with Gasteiger partial charge in [-0.2, -0.15) is 13.2 Å². The summed E-state index contributed by atoms with van der Waals surface area (Å²) in [6.45, 7) is 2.82. The molecule has 3 aliphatic rings. The third-order valence-corrected chi connectivity index (χ3v) is 7.87. The number of nitrogens with zero attached hydrogens (tertiary/aromatic N) is 2. The molecule has 2 amide bonds. The lowest BCUT2D eigenvalue weighted by atomic mass is 9.96. The second-order valence-corrected chi connectivity index (χ2v) is 11.5. The molecule has 3 fully saturated rings. The quantitative estimate of drug-likeness (QED) is 0.427. The fourth-order valence-corrected chi connectivity index (χ4v) is 5.62. The van der Waals surface area contributed by atoms with Crippen molar-refractivity contribution in [1.82, 2.24) is 15.6 Å². The Balaban J connectivity index is 1.20. The molecule has 0 radical (unpaired) electrons. The van der Waals surface area contributed by atoms with Crippen molar-refractivity contribution in [3.05, 3.63) is 52.7 Å². The van der Waals surface area contributed by atoms with E-state index in [2.05, 4.69) is 20.5 Å². The molecule has 3 unspecified atom stereocenters. The Morgan fingerprint density at radius 2 is 1.73 bits per heavy atom. The first-order valence-corrected chi connectivity index (χ1v) is 13.3. The third-order valence-electron chi connectivity index (χ3n) is 7.63. The zero-order chi connectivity index (χ0) is 29.0. The van der Waals surface area contributed by atoms with Gasteiger partial charge in [0.05, 0.1) is 17.2 Å². The van der Waals surface area contributed by atoms with E-state index in [0.29, 0.717) is 18.7 Å². The zero-order valence-corrected chi connectivity index (χ0v) is 22.5. The van der Waals surface area contributed by atoms with E-state index < -0.39 is 46.9 Å². The summed E-state index contributed by atoms with van der Waals surface area (Å²) in [7, 11) is 0. The number of nitrogens with one attached hydrogen (secondary N) is 2. The molecule has 216 valence electrons. The SMILES string of the molecule is CC(C)(Oc1ccc(Cl)cc1C(F)(F)F)C(=O)NC1CC2CCC(C1)N2c1ccc(C(=O)NC2CC2(F)F)cn1. The molecule has 7 nitrogen and oxygen atoms in total. The van der Waals surface area contributed by atoms with Crippen LogP contribution in [0, 0.1) is 0 Å². The fourth-order valence-electron chi connectivity index (χ4n) is 5.45. The lowest BCUT2D eigenvalue weighted by molar-refractivity contribution is -0.143. The van der Waals surface area contributed by atoms with Gasteiger partial charge in [0, 0.05) is 35.8 Å². The van der Waals surface area contributed by atoms with Crippen molar-refractivity contribution in [2.24, 2.45) is 0 Å². The molecule has 2 aromatic rings. The second kappa shape index (κ2) is 10.0. The molecule has 1 aromatic heterocycles. The second-order valence-electron chi connectivity index (χ2n) is 11.1. The van der Waals surface area contributed by atoms with Crippen LogP contribution >= 0.6 is 11.6 Å². The average Bonchev–Trinajstić information content (AvgIpc) is 3.37. The van der Waals surface area contributed by atoms with E-state index in [4.69, 9.17) is 16.3 Å². The number of alkyl halides is 5. The van der Waals surface area contributed by atoms with Gasteiger partial charge in [0.2, 0.25) is 0 Å². The average molecular weight is 587 g/mol. The largest absolute Gasteiger partial charge is 0.477 e. The molecule has 0 spiro atoms. The van der Waals surface area contributed by atoms with Crippen LogP contribution in [-0.2, 0) is 11.0 Å². The number of piperidine rings is 1. The van der Waals surface area contributed by atoms with Crippen LogP contribution in [0.2, 0.25) is 5.02 Å². The van der Waals surface area contributed by atoms with Crippen molar-refractivity contribution in [3.63, 3.8) is 0 Å². The number of benzene rings is 1. The number of amides is 2. The number of aromatic nitrogens is 1. The van der Waals surface area contributed by atoms with Crippen molar-refractivity contribution >= 4 is 29.2 Å². The summed E-state index contributed by atoms with van der Waals surface area (Å²) in [4.78, 5) is 31.9. The number of fused-ring (bicyclic) bond motifs is 2. The molecule has 3 atom stereocenters. The van der Waals surface area contributed by atoms with Gasteiger partial charge in [-0.3, -0.25) is 9.59 Å². The number of carbonyl (C=O) groups excluding carboxylic acids is 2. The van der Waals surface area contributed by atoms with E-state index in [9.17, 15) is 31.5 Å². The number of hydrogen-bond acceptors (Lipinski definition) is 5. The molecule has 2 saturated heterocycles. The molecule has 2 aliphatic heterocycles. The standard InChI is InChI=1S/C27H28ClF5N4O3/c1-25(2,40-20-7-4-15(28)9-19(20)27(31,32)33)24(39)35-16-10-17-5-6-18(11-16)37(17)22-8-3-14(13-34-22)23(38)36-21-12-26(21,29)30/h3-4,7-9,13,16-18,21H,5-6,10-12H2,1-2H3,(H,35,39)(H,36,38). The Labute approximate surface area is 232 Å². The third kappa shape index (κ3) is 5.82. The fraction of sp³-hybridized carbons (Fsp3) is 0.519. The highest BCUT2D eigenvalue weighted by atomic mass is 35.5. The van der Waals surface area contributed by atoms with E-state index in [-0.39, 0.29) is 35.1 Å². The molecule has 3 heterocycles. The highest BCUT2D eigenvalue weighted by Gasteiger charge is 2.58. The van der Waals surface area contributed by atoms with E-state index >= 15 is 0 Å². The maximum absolute atomic E-state index is 13.5. The Kier molecular flexibility index (Phi) is 7.12. The first-order valence-electron chi connectivity index (χ1n) is 12.9. The summed E-state index contributed by atoms with van der Waals surface area (Å²) in [5, 5.41) is 5.15. The number of rotatable bonds is 7. The van der Waals surface area contributed by atoms with Crippen LogP contribution in [0.3, 0.4) is 0 Å². The van der Waals surface area contributed by atoms with Crippen molar-refractivity contribution in [2.45, 2.75) is 87.8 Å². The molecule has 13 heteroatoms. The molecular formula is C27H28ClF5N4O3. The van der Waals surface area contributed by atoms with Crippen LogP contribution < -0.4 is 20.3 Å².